The SMILES string of the molecule is Cc1ncsc1-c1ccc(CNC(=O)[C@@H]2C[C@@H](O)CN2C(=O)C(NC(=O)COCCCCCOc2ccc([C@@H]3c4[nH]c5ccccc5c4C[C@@H](C)N3CC(F)F)nc2)C(C)(C)C)cc1. The number of carbonyl (C=O) groups is 3. The number of carbonyl (C=O) groups excluding carboxylic acids is 3. The summed E-state index contributed by atoms with van der Waals surface area (Å²) in [5, 5.41) is 17.4. The Bertz CT molecular complexity index is 2370. The first-order chi connectivity index (χ1) is 30.7. The molecule has 2 aromatic carbocycles. The number of aliphatic hydroxyl groups excluding tert-OH is 1. The molecule has 3 amide bonds. The van der Waals surface area contributed by atoms with Crippen molar-refractivity contribution in [3.63, 3.8) is 0 Å². The second kappa shape index (κ2) is 20.7. The number of aromatic nitrogens is 3. The molecule has 0 radical (unpaired) electrons. The number of nitrogens with zero attached hydrogens (tertiary/aromatic N) is 4. The monoisotopic (exact) mass is 899 g/mol. The molecular weight excluding hydrogens is 841 g/mol. The number of ether oxygens (including phenoxy) is 2. The Hall–Kier alpha value is -5.29. The smallest absolute Gasteiger partial charge is 0.251 e. The summed E-state index contributed by atoms with van der Waals surface area (Å²) in [6.45, 7) is 9.87. The van der Waals surface area contributed by atoms with Gasteiger partial charge in [0.2, 0.25) is 17.7 Å². The zero-order valence-electron chi connectivity index (χ0n) is 37.1. The molecule has 16 heteroatoms. The number of amides is 3. The van der Waals surface area contributed by atoms with Gasteiger partial charge < -0.3 is 35.1 Å². The third-order valence-electron chi connectivity index (χ3n) is 12.1. The molecule has 342 valence electrons. The number of halogens is 2. The normalized spacial score (nSPS) is 19.5. The standard InChI is InChI=1S/C48H59F2N7O6S/c1-29-21-36-35-11-7-8-12-37(35)54-42(36)43(56(29)26-40(49)50)38-18-17-34(24-51-38)63-20-10-6-9-19-62-27-41(59)55-45(48(3,4)5)47(61)57-25-33(58)22-39(57)46(60)52-23-31-13-15-32(16-14-31)44-30(2)53-28-64-44/h7-8,11-18,24,28-29,33,39-40,43,45,54,58H,6,9-10,19-23,25-27H2,1-5H3,(H,52,60)(H,55,59)/t29-,33-,39+,43-,45?/m1/s1. The van der Waals surface area contributed by atoms with Gasteiger partial charge in [-0.2, -0.15) is 0 Å². The fourth-order valence-corrected chi connectivity index (χ4v) is 9.54. The van der Waals surface area contributed by atoms with Crippen LogP contribution in [-0.4, -0.2) is 111 Å². The van der Waals surface area contributed by atoms with Gasteiger partial charge in [0.25, 0.3) is 6.43 Å². The van der Waals surface area contributed by atoms with Crippen LogP contribution in [0.4, 0.5) is 8.78 Å². The number of likely N-dealkylation sites (tertiary alicyclic amines) is 1. The number of H-pyrrole nitrogens is 1. The van der Waals surface area contributed by atoms with Gasteiger partial charge in [-0.3, -0.25) is 24.3 Å². The number of alkyl halides is 2. The summed E-state index contributed by atoms with van der Waals surface area (Å²) in [7, 11) is 0. The molecule has 0 saturated carbocycles. The first kappa shape index (κ1) is 46.7. The van der Waals surface area contributed by atoms with Gasteiger partial charge in [-0.1, -0.05) is 63.2 Å². The average Bonchev–Trinajstić information content (AvgIpc) is 3.99. The first-order valence-corrected chi connectivity index (χ1v) is 22.9. The van der Waals surface area contributed by atoms with Crippen molar-refractivity contribution in [2.24, 2.45) is 5.41 Å². The minimum atomic E-state index is -2.48. The lowest BCUT2D eigenvalue weighted by atomic mass is 9.85. The van der Waals surface area contributed by atoms with Crippen LogP contribution in [0.25, 0.3) is 21.3 Å². The van der Waals surface area contributed by atoms with Crippen LogP contribution in [0, 0.1) is 12.3 Å². The third kappa shape index (κ3) is 11.1. The number of rotatable bonds is 18. The average molecular weight is 900 g/mol. The lowest BCUT2D eigenvalue weighted by Gasteiger charge is -2.40. The fraction of sp³-hybridized carbons (Fsp3) is 0.479. The van der Waals surface area contributed by atoms with Gasteiger partial charge in [-0.05, 0) is 79.8 Å². The maximum atomic E-state index is 14.0. The highest BCUT2D eigenvalue weighted by atomic mass is 32.1. The molecule has 1 saturated heterocycles. The molecule has 1 fully saturated rings. The number of β-amino-alcohol motifs (C(OH)–C–C–N with tert-alkyl or cyclic N) is 1. The Morgan fingerprint density at radius 2 is 1.78 bits per heavy atom. The van der Waals surface area contributed by atoms with Gasteiger partial charge in [0.05, 0.1) is 53.3 Å². The number of nitrogens with one attached hydrogen (secondary N) is 3. The molecule has 13 nitrogen and oxygen atoms in total. The maximum absolute atomic E-state index is 14.0. The predicted octanol–water partition coefficient (Wildman–Crippen LogP) is 6.97. The van der Waals surface area contributed by atoms with Gasteiger partial charge in [0.15, 0.2) is 0 Å². The number of hydrogen-bond donors (Lipinski definition) is 4. The molecule has 7 rings (SSSR count). The number of aliphatic hydroxyl groups is 1. The number of hydrogen-bond acceptors (Lipinski definition) is 10. The summed E-state index contributed by atoms with van der Waals surface area (Å²) in [6, 6.07) is 17.2. The van der Waals surface area contributed by atoms with Crippen molar-refractivity contribution in [2.75, 3.05) is 32.9 Å². The van der Waals surface area contributed by atoms with Crippen molar-refractivity contribution in [1.82, 2.24) is 35.4 Å². The Kier molecular flexibility index (Phi) is 15.1. The highest BCUT2D eigenvalue weighted by Crippen LogP contribution is 2.41. The lowest BCUT2D eigenvalue weighted by molar-refractivity contribution is -0.144. The van der Waals surface area contributed by atoms with Gasteiger partial charge in [-0.25, -0.2) is 13.8 Å². The van der Waals surface area contributed by atoms with Crippen molar-refractivity contribution >= 4 is 40.0 Å². The fourth-order valence-electron chi connectivity index (χ4n) is 8.73. The number of pyridine rings is 1. The van der Waals surface area contributed by atoms with E-state index < -0.39 is 47.9 Å². The molecule has 0 spiro atoms. The van der Waals surface area contributed by atoms with Gasteiger partial charge in [0, 0.05) is 48.8 Å². The molecule has 2 aliphatic rings. The molecule has 2 aliphatic heterocycles. The number of para-hydroxylation sites is 1. The second-order valence-corrected chi connectivity index (χ2v) is 18.8. The summed E-state index contributed by atoms with van der Waals surface area (Å²) in [4.78, 5) is 57.3. The molecule has 5 aromatic rings. The van der Waals surface area contributed by atoms with E-state index in [0.717, 1.165) is 56.7 Å². The second-order valence-electron chi connectivity index (χ2n) is 17.9. The Labute approximate surface area is 377 Å². The number of fused-ring (bicyclic) bond motifs is 3. The summed E-state index contributed by atoms with van der Waals surface area (Å²) >= 11 is 1.57. The summed E-state index contributed by atoms with van der Waals surface area (Å²) < 4.78 is 39.2. The topological polar surface area (TPSA) is 162 Å². The van der Waals surface area contributed by atoms with E-state index in [4.69, 9.17) is 9.47 Å². The molecule has 3 aromatic heterocycles. The number of aromatic amines is 1. The van der Waals surface area contributed by atoms with E-state index >= 15 is 0 Å². The van der Waals surface area contributed by atoms with Crippen LogP contribution < -0.4 is 15.4 Å². The molecular formula is C48H59F2N7O6S. The summed E-state index contributed by atoms with van der Waals surface area (Å²) in [6.07, 6.45) is 1.25. The van der Waals surface area contributed by atoms with E-state index in [1.807, 2.05) is 99.6 Å². The molecule has 5 atom stereocenters. The minimum Gasteiger partial charge on any atom is -0.492 e. The highest BCUT2D eigenvalue weighted by molar-refractivity contribution is 7.13. The van der Waals surface area contributed by atoms with Crippen LogP contribution in [0.15, 0.2) is 72.4 Å². The van der Waals surface area contributed by atoms with Crippen LogP contribution in [0.3, 0.4) is 0 Å². The molecule has 64 heavy (non-hydrogen) atoms. The minimum absolute atomic E-state index is 0.0149. The molecule has 0 bridgehead atoms. The van der Waals surface area contributed by atoms with E-state index in [9.17, 15) is 28.3 Å². The summed E-state index contributed by atoms with van der Waals surface area (Å²) in [5.41, 5.74) is 7.71. The zero-order chi connectivity index (χ0) is 45.5. The largest absolute Gasteiger partial charge is 0.492 e. The third-order valence-corrected chi connectivity index (χ3v) is 13.0. The maximum Gasteiger partial charge on any atom is 0.251 e. The summed E-state index contributed by atoms with van der Waals surface area (Å²) in [5.74, 6) is -0.677. The van der Waals surface area contributed by atoms with Crippen molar-refractivity contribution in [3.05, 3.63) is 101 Å². The van der Waals surface area contributed by atoms with Crippen molar-refractivity contribution in [1.29, 1.82) is 0 Å². The number of thiazole rings is 1. The van der Waals surface area contributed by atoms with Gasteiger partial charge >= 0.3 is 0 Å². The van der Waals surface area contributed by atoms with Crippen LogP contribution in [0.5, 0.6) is 5.75 Å². The van der Waals surface area contributed by atoms with E-state index in [1.165, 1.54) is 4.90 Å². The van der Waals surface area contributed by atoms with Crippen molar-refractivity contribution in [3.8, 4) is 16.2 Å². The van der Waals surface area contributed by atoms with Crippen LogP contribution >= 0.6 is 11.3 Å². The van der Waals surface area contributed by atoms with Gasteiger partial charge in [-0.15, -0.1) is 11.3 Å². The first-order valence-electron chi connectivity index (χ1n) is 22.0. The van der Waals surface area contributed by atoms with E-state index in [-0.39, 0.29) is 44.6 Å². The van der Waals surface area contributed by atoms with Crippen molar-refractivity contribution in [2.45, 2.75) is 110 Å². The van der Waals surface area contributed by atoms with E-state index in [0.29, 0.717) is 37.5 Å². The molecule has 4 N–H and O–H groups in total. The van der Waals surface area contributed by atoms with Crippen LogP contribution in [0.2, 0.25) is 0 Å². The quantitative estimate of drug-likeness (QED) is 0.0681. The molecule has 1 unspecified atom stereocenters. The predicted molar refractivity (Wildman–Crippen MR) is 242 cm³/mol. The van der Waals surface area contributed by atoms with Gasteiger partial charge in [0.1, 0.15) is 24.4 Å². The lowest BCUT2D eigenvalue weighted by Crippen LogP contribution is -2.58. The Balaban J connectivity index is 0.835. The van der Waals surface area contributed by atoms with Crippen LogP contribution in [-0.2, 0) is 32.1 Å². The zero-order valence-corrected chi connectivity index (χ0v) is 37.9. The number of benzene rings is 2. The Morgan fingerprint density at radius 1 is 1.02 bits per heavy atom. The number of aryl methyl sites for hydroxylation is 1. The molecule has 5 heterocycles. The highest BCUT2D eigenvalue weighted by Gasteiger charge is 2.44. The molecule has 0 aliphatic carbocycles. The Morgan fingerprint density at radius 3 is 2.48 bits per heavy atom. The van der Waals surface area contributed by atoms with E-state index in [2.05, 4.69) is 31.7 Å². The van der Waals surface area contributed by atoms with E-state index in [1.54, 1.807) is 17.5 Å². The number of unbranched alkanes of at least 4 members (excludes halogenated alkanes) is 2. The van der Waals surface area contributed by atoms with Crippen molar-refractivity contribution < 1.29 is 37.7 Å². The van der Waals surface area contributed by atoms with Crippen LogP contribution in [0.1, 0.15) is 87.6 Å².